The first-order chi connectivity index (χ1) is 17.9. The second kappa shape index (κ2) is 13.2. The standard InChI is InChI=1S/C29H40FN3O4S/c1-21-17-22(2)19-27(18-21)33(38(4,36)37)16-8-11-28(34)32(20-24-12-14-25(30)15-13-24)23(3)29(35)31-26-9-6-5-7-10-26/h12-15,17-19,23,26H,5-11,16,20H2,1-4H3,(H,31,35)/t23-/m1/s1. The van der Waals surface area contributed by atoms with E-state index in [4.69, 9.17) is 0 Å². The first-order valence-corrected chi connectivity index (χ1v) is 15.2. The number of hydrogen-bond acceptors (Lipinski definition) is 4. The summed E-state index contributed by atoms with van der Waals surface area (Å²) in [7, 11) is -3.56. The van der Waals surface area contributed by atoms with Gasteiger partial charge in [-0.05, 0) is 81.0 Å². The maximum Gasteiger partial charge on any atom is 0.242 e. The Hall–Kier alpha value is -2.94. The Balaban J connectivity index is 1.72. The molecule has 0 saturated heterocycles. The minimum atomic E-state index is -3.56. The fraction of sp³-hybridized carbons (Fsp3) is 0.517. The van der Waals surface area contributed by atoms with Crippen molar-refractivity contribution in [3.8, 4) is 0 Å². The quantitative estimate of drug-likeness (QED) is 0.437. The van der Waals surface area contributed by atoms with Crippen LogP contribution in [0.25, 0.3) is 0 Å². The molecule has 2 aromatic rings. The summed E-state index contributed by atoms with van der Waals surface area (Å²) < 4.78 is 39.9. The monoisotopic (exact) mass is 545 g/mol. The van der Waals surface area contributed by atoms with Gasteiger partial charge in [-0.1, -0.05) is 37.5 Å². The van der Waals surface area contributed by atoms with E-state index in [0.717, 1.165) is 43.1 Å². The van der Waals surface area contributed by atoms with E-state index in [2.05, 4.69) is 5.32 Å². The van der Waals surface area contributed by atoms with Gasteiger partial charge in [-0.3, -0.25) is 13.9 Å². The summed E-state index contributed by atoms with van der Waals surface area (Å²) in [6.07, 6.45) is 6.71. The molecule has 0 unspecified atom stereocenters. The number of benzene rings is 2. The molecule has 1 saturated carbocycles. The largest absolute Gasteiger partial charge is 0.352 e. The molecule has 208 valence electrons. The minimum Gasteiger partial charge on any atom is -0.352 e. The number of anilines is 1. The molecule has 38 heavy (non-hydrogen) atoms. The maximum atomic E-state index is 13.5. The number of aryl methyl sites for hydroxylation is 2. The second-order valence-corrected chi connectivity index (χ2v) is 12.4. The molecule has 0 aromatic heterocycles. The second-order valence-electron chi connectivity index (χ2n) is 10.5. The lowest BCUT2D eigenvalue weighted by Gasteiger charge is -2.31. The van der Waals surface area contributed by atoms with E-state index >= 15 is 0 Å². The molecule has 0 bridgehead atoms. The van der Waals surface area contributed by atoms with Crippen molar-refractivity contribution in [2.75, 3.05) is 17.1 Å². The van der Waals surface area contributed by atoms with Crippen molar-refractivity contribution in [2.45, 2.75) is 84.3 Å². The van der Waals surface area contributed by atoms with Crippen LogP contribution in [0.15, 0.2) is 42.5 Å². The highest BCUT2D eigenvalue weighted by Gasteiger charge is 2.28. The third kappa shape index (κ3) is 8.55. The lowest BCUT2D eigenvalue weighted by molar-refractivity contribution is -0.141. The molecule has 1 aliphatic carbocycles. The van der Waals surface area contributed by atoms with Crippen LogP contribution in [0.1, 0.15) is 68.6 Å². The van der Waals surface area contributed by atoms with Crippen molar-refractivity contribution < 1.29 is 22.4 Å². The summed E-state index contributed by atoms with van der Waals surface area (Å²) in [4.78, 5) is 28.1. The summed E-state index contributed by atoms with van der Waals surface area (Å²) in [5.74, 6) is -0.836. The van der Waals surface area contributed by atoms with Crippen molar-refractivity contribution in [3.63, 3.8) is 0 Å². The van der Waals surface area contributed by atoms with Gasteiger partial charge in [-0.25, -0.2) is 12.8 Å². The van der Waals surface area contributed by atoms with Gasteiger partial charge >= 0.3 is 0 Å². The average Bonchev–Trinajstić information content (AvgIpc) is 2.85. The fourth-order valence-corrected chi connectivity index (χ4v) is 5.99. The average molecular weight is 546 g/mol. The minimum absolute atomic E-state index is 0.0685. The summed E-state index contributed by atoms with van der Waals surface area (Å²) in [5, 5.41) is 3.09. The van der Waals surface area contributed by atoms with Crippen molar-refractivity contribution >= 4 is 27.5 Å². The van der Waals surface area contributed by atoms with Gasteiger partial charge in [-0.15, -0.1) is 0 Å². The molecule has 1 N–H and O–H groups in total. The van der Waals surface area contributed by atoms with Gasteiger partial charge in [0.2, 0.25) is 21.8 Å². The number of carbonyl (C=O) groups excluding carboxylic acids is 2. The molecule has 9 heteroatoms. The number of sulfonamides is 1. The van der Waals surface area contributed by atoms with E-state index in [-0.39, 0.29) is 49.6 Å². The molecular weight excluding hydrogens is 505 g/mol. The molecule has 0 radical (unpaired) electrons. The van der Waals surface area contributed by atoms with Crippen LogP contribution in [-0.2, 0) is 26.2 Å². The Morgan fingerprint density at radius 2 is 1.63 bits per heavy atom. The Morgan fingerprint density at radius 3 is 2.21 bits per heavy atom. The summed E-state index contributed by atoms with van der Waals surface area (Å²) in [6.45, 7) is 5.82. The topological polar surface area (TPSA) is 86.8 Å². The van der Waals surface area contributed by atoms with E-state index in [1.54, 1.807) is 19.1 Å². The van der Waals surface area contributed by atoms with E-state index < -0.39 is 16.1 Å². The van der Waals surface area contributed by atoms with Gasteiger partial charge < -0.3 is 10.2 Å². The van der Waals surface area contributed by atoms with E-state index in [1.165, 1.54) is 27.8 Å². The summed E-state index contributed by atoms with van der Waals surface area (Å²) in [5.41, 5.74) is 3.19. The van der Waals surface area contributed by atoms with Crippen molar-refractivity contribution in [1.82, 2.24) is 10.2 Å². The molecule has 1 aliphatic rings. The third-order valence-corrected chi connectivity index (χ3v) is 8.23. The van der Waals surface area contributed by atoms with Crippen LogP contribution in [-0.4, -0.2) is 50.0 Å². The number of nitrogens with one attached hydrogen (secondary N) is 1. The summed E-state index contributed by atoms with van der Waals surface area (Å²) >= 11 is 0. The zero-order valence-corrected chi connectivity index (χ0v) is 23.7. The number of amides is 2. The van der Waals surface area contributed by atoms with E-state index in [9.17, 15) is 22.4 Å². The number of rotatable bonds is 11. The Kier molecular flexibility index (Phi) is 10.3. The van der Waals surface area contributed by atoms with Crippen LogP contribution in [0.5, 0.6) is 0 Å². The van der Waals surface area contributed by atoms with Gasteiger partial charge in [0.15, 0.2) is 0 Å². The predicted molar refractivity (Wildman–Crippen MR) is 149 cm³/mol. The number of nitrogens with zero attached hydrogens (tertiary/aromatic N) is 2. The van der Waals surface area contributed by atoms with Gasteiger partial charge in [-0.2, -0.15) is 0 Å². The fourth-order valence-electron chi connectivity index (χ4n) is 5.04. The van der Waals surface area contributed by atoms with Gasteiger partial charge in [0.25, 0.3) is 0 Å². The van der Waals surface area contributed by atoms with Gasteiger partial charge in [0.1, 0.15) is 11.9 Å². The number of halogens is 1. The molecule has 1 fully saturated rings. The Morgan fingerprint density at radius 1 is 1.03 bits per heavy atom. The van der Waals surface area contributed by atoms with E-state index in [1.807, 2.05) is 32.0 Å². The predicted octanol–water partition coefficient (Wildman–Crippen LogP) is 4.85. The van der Waals surface area contributed by atoms with Crippen LogP contribution in [0.3, 0.4) is 0 Å². The van der Waals surface area contributed by atoms with Crippen LogP contribution in [0.2, 0.25) is 0 Å². The van der Waals surface area contributed by atoms with Crippen molar-refractivity contribution in [1.29, 1.82) is 0 Å². The number of carbonyl (C=O) groups is 2. The van der Waals surface area contributed by atoms with Crippen LogP contribution in [0.4, 0.5) is 10.1 Å². The molecule has 0 heterocycles. The summed E-state index contributed by atoms with van der Waals surface area (Å²) in [6, 6.07) is 10.9. The lowest BCUT2D eigenvalue weighted by Crippen LogP contribution is -2.50. The zero-order valence-electron chi connectivity index (χ0n) is 22.9. The third-order valence-electron chi connectivity index (χ3n) is 7.03. The molecule has 2 aromatic carbocycles. The smallest absolute Gasteiger partial charge is 0.242 e. The van der Waals surface area contributed by atoms with E-state index in [0.29, 0.717) is 11.3 Å². The molecular formula is C29H40FN3O4S. The normalized spacial score (nSPS) is 15.1. The molecule has 3 rings (SSSR count). The molecule has 1 atom stereocenters. The Bertz CT molecular complexity index is 1190. The van der Waals surface area contributed by atoms with Crippen molar-refractivity contribution in [3.05, 3.63) is 65.0 Å². The Labute approximate surface area is 226 Å². The SMILES string of the molecule is Cc1cc(C)cc(N(CCCC(=O)N(Cc2ccc(F)cc2)[C@H](C)C(=O)NC2CCCCC2)S(C)(=O)=O)c1. The van der Waals surface area contributed by atoms with Crippen LogP contribution >= 0.6 is 0 Å². The van der Waals surface area contributed by atoms with Crippen LogP contribution in [0, 0.1) is 19.7 Å². The first-order valence-electron chi connectivity index (χ1n) is 13.3. The van der Waals surface area contributed by atoms with Crippen LogP contribution < -0.4 is 9.62 Å². The maximum absolute atomic E-state index is 13.5. The van der Waals surface area contributed by atoms with Gasteiger partial charge in [0, 0.05) is 25.6 Å². The lowest BCUT2D eigenvalue weighted by atomic mass is 9.95. The van der Waals surface area contributed by atoms with Gasteiger partial charge in [0.05, 0.1) is 11.9 Å². The highest BCUT2D eigenvalue weighted by Crippen LogP contribution is 2.23. The van der Waals surface area contributed by atoms with Crippen molar-refractivity contribution in [2.24, 2.45) is 0 Å². The molecule has 7 nitrogen and oxygen atoms in total. The molecule has 0 aliphatic heterocycles. The number of hydrogen-bond donors (Lipinski definition) is 1. The molecule has 0 spiro atoms. The highest BCUT2D eigenvalue weighted by atomic mass is 32.2. The highest BCUT2D eigenvalue weighted by molar-refractivity contribution is 7.92. The molecule has 2 amide bonds. The zero-order chi connectivity index (χ0) is 27.9. The first kappa shape index (κ1) is 29.6.